The van der Waals surface area contributed by atoms with Gasteiger partial charge in [0.1, 0.15) is 5.82 Å². The topological polar surface area (TPSA) is 48.9 Å². The lowest BCUT2D eigenvalue weighted by Gasteiger charge is -2.14. The Bertz CT molecular complexity index is 631. The van der Waals surface area contributed by atoms with Gasteiger partial charge in [-0.2, -0.15) is 13.2 Å². The molecule has 0 aliphatic heterocycles. The fourth-order valence-electron chi connectivity index (χ4n) is 2.61. The number of rotatable bonds is 2. The SMILES string of the molecule is OC1CCc2nc(Cc3ccc(C(F)(F)F)cc3)[nH]c2C1. The number of imidazole rings is 1. The van der Waals surface area contributed by atoms with Crippen LogP contribution in [0.25, 0.3) is 0 Å². The van der Waals surface area contributed by atoms with Crippen LogP contribution in [0.15, 0.2) is 24.3 Å². The summed E-state index contributed by atoms with van der Waals surface area (Å²) in [7, 11) is 0. The molecule has 1 heterocycles. The standard InChI is InChI=1S/C15H15F3N2O/c16-15(17,18)10-3-1-9(2-4-10)7-14-19-12-6-5-11(21)8-13(12)20-14/h1-4,11,21H,5-8H2,(H,19,20). The highest BCUT2D eigenvalue weighted by molar-refractivity contribution is 5.28. The minimum atomic E-state index is -4.31. The van der Waals surface area contributed by atoms with Gasteiger partial charge in [0.2, 0.25) is 0 Å². The maximum atomic E-state index is 12.5. The monoisotopic (exact) mass is 296 g/mol. The Labute approximate surface area is 119 Å². The van der Waals surface area contributed by atoms with Gasteiger partial charge in [0, 0.05) is 18.5 Å². The zero-order chi connectivity index (χ0) is 15.0. The Morgan fingerprint density at radius 3 is 2.62 bits per heavy atom. The number of H-pyrrole nitrogens is 1. The molecule has 0 bridgehead atoms. The van der Waals surface area contributed by atoms with Crippen molar-refractivity contribution < 1.29 is 18.3 Å². The molecule has 21 heavy (non-hydrogen) atoms. The van der Waals surface area contributed by atoms with Crippen molar-refractivity contribution in [3.05, 3.63) is 52.6 Å². The largest absolute Gasteiger partial charge is 0.416 e. The summed E-state index contributed by atoms with van der Waals surface area (Å²) < 4.78 is 37.5. The van der Waals surface area contributed by atoms with Crippen LogP contribution in [0, 0.1) is 0 Å². The maximum Gasteiger partial charge on any atom is 0.416 e. The molecule has 1 aromatic heterocycles. The number of halogens is 3. The van der Waals surface area contributed by atoms with Crippen molar-refractivity contribution in [2.24, 2.45) is 0 Å². The van der Waals surface area contributed by atoms with E-state index in [0.717, 1.165) is 41.3 Å². The van der Waals surface area contributed by atoms with E-state index in [9.17, 15) is 18.3 Å². The molecule has 1 aromatic carbocycles. The molecule has 0 fully saturated rings. The third-order valence-electron chi connectivity index (χ3n) is 3.72. The van der Waals surface area contributed by atoms with E-state index in [2.05, 4.69) is 9.97 Å². The van der Waals surface area contributed by atoms with E-state index < -0.39 is 11.7 Å². The van der Waals surface area contributed by atoms with Crippen molar-refractivity contribution in [2.75, 3.05) is 0 Å². The van der Waals surface area contributed by atoms with E-state index in [0.29, 0.717) is 19.3 Å². The molecule has 1 unspecified atom stereocenters. The number of fused-ring (bicyclic) bond motifs is 1. The summed E-state index contributed by atoms with van der Waals surface area (Å²) in [5, 5.41) is 9.61. The number of hydrogen-bond acceptors (Lipinski definition) is 2. The molecule has 0 amide bonds. The number of aromatic amines is 1. The van der Waals surface area contributed by atoms with Gasteiger partial charge in [-0.25, -0.2) is 4.98 Å². The summed E-state index contributed by atoms with van der Waals surface area (Å²) in [6.07, 6.45) is -2.18. The lowest BCUT2D eigenvalue weighted by molar-refractivity contribution is -0.137. The summed E-state index contributed by atoms with van der Waals surface area (Å²) in [6.45, 7) is 0. The average Bonchev–Trinajstić information content (AvgIpc) is 2.79. The summed E-state index contributed by atoms with van der Waals surface area (Å²) in [5.41, 5.74) is 2.03. The highest BCUT2D eigenvalue weighted by Gasteiger charge is 2.30. The Morgan fingerprint density at radius 2 is 1.95 bits per heavy atom. The molecular formula is C15H15F3N2O. The van der Waals surface area contributed by atoms with Gasteiger partial charge < -0.3 is 10.1 Å². The smallest absolute Gasteiger partial charge is 0.393 e. The van der Waals surface area contributed by atoms with Crippen LogP contribution in [0.1, 0.15) is 34.8 Å². The Kier molecular flexibility index (Phi) is 3.49. The predicted octanol–water partition coefficient (Wildman–Crippen LogP) is 2.87. The van der Waals surface area contributed by atoms with Crippen LogP contribution in [0.4, 0.5) is 13.2 Å². The number of aliphatic hydroxyl groups is 1. The van der Waals surface area contributed by atoms with Crippen molar-refractivity contribution in [2.45, 2.75) is 38.0 Å². The van der Waals surface area contributed by atoms with E-state index in [1.165, 1.54) is 12.1 Å². The second-order valence-electron chi connectivity index (χ2n) is 5.38. The molecule has 2 N–H and O–H groups in total. The molecule has 3 nitrogen and oxygen atoms in total. The van der Waals surface area contributed by atoms with Gasteiger partial charge in [0.05, 0.1) is 17.4 Å². The first-order valence-electron chi connectivity index (χ1n) is 6.82. The average molecular weight is 296 g/mol. The maximum absolute atomic E-state index is 12.5. The number of aryl methyl sites for hydroxylation is 1. The van der Waals surface area contributed by atoms with Crippen LogP contribution >= 0.6 is 0 Å². The fraction of sp³-hybridized carbons (Fsp3) is 0.400. The molecule has 1 atom stereocenters. The van der Waals surface area contributed by atoms with E-state index in [1.54, 1.807) is 0 Å². The van der Waals surface area contributed by atoms with Crippen molar-refractivity contribution in [1.82, 2.24) is 9.97 Å². The van der Waals surface area contributed by atoms with Crippen LogP contribution in [-0.4, -0.2) is 21.2 Å². The van der Waals surface area contributed by atoms with Gasteiger partial charge in [-0.3, -0.25) is 0 Å². The molecule has 1 aliphatic carbocycles. The van der Waals surface area contributed by atoms with E-state index in [4.69, 9.17) is 0 Å². The molecule has 0 spiro atoms. The first kappa shape index (κ1) is 14.1. The van der Waals surface area contributed by atoms with Gasteiger partial charge in [0.25, 0.3) is 0 Å². The first-order valence-corrected chi connectivity index (χ1v) is 6.82. The lowest BCUT2D eigenvalue weighted by atomic mass is 9.99. The van der Waals surface area contributed by atoms with E-state index in [1.807, 2.05) is 0 Å². The third kappa shape index (κ3) is 3.10. The van der Waals surface area contributed by atoms with Gasteiger partial charge in [-0.1, -0.05) is 12.1 Å². The van der Waals surface area contributed by atoms with E-state index >= 15 is 0 Å². The Balaban J connectivity index is 1.75. The number of nitrogens with zero attached hydrogens (tertiary/aromatic N) is 1. The van der Waals surface area contributed by atoms with Crippen molar-refractivity contribution in [1.29, 1.82) is 0 Å². The summed E-state index contributed by atoms with van der Waals surface area (Å²) >= 11 is 0. The number of nitrogens with one attached hydrogen (secondary N) is 1. The van der Waals surface area contributed by atoms with Gasteiger partial charge >= 0.3 is 6.18 Å². The fourth-order valence-corrected chi connectivity index (χ4v) is 2.61. The molecule has 1 aliphatic rings. The minimum absolute atomic E-state index is 0.336. The first-order chi connectivity index (χ1) is 9.91. The van der Waals surface area contributed by atoms with Crippen molar-refractivity contribution in [3.8, 4) is 0 Å². The molecule has 3 rings (SSSR count). The zero-order valence-electron chi connectivity index (χ0n) is 11.2. The third-order valence-corrected chi connectivity index (χ3v) is 3.72. The molecule has 2 aromatic rings. The molecule has 112 valence electrons. The highest BCUT2D eigenvalue weighted by atomic mass is 19.4. The quantitative estimate of drug-likeness (QED) is 0.895. The van der Waals surface area contributed by atoms with Crippen molar-refractivity contribution >= 4 is 0 Å². The second-order valence-corrected chi connectivity index (χ2v) is 5.38. The van der Waals surface area contributed by atoms with Crippen LogP contribution in [-0.2, 0) is 25.4 Å². The summed E-state index contributed by atoms with van der Waals surface area (Å²) in [6, 6.07) is 5.11. The van der Waals surface area contributed by atoms with Crippen LogP contribution in [0.2, 0.25) is 0 Å². The van der Waals surface area contributed by atoms with Gasteiger partial charge in [0.15, 0.2) is 0 Å². The normalized spacial score (nSPS) is 18.6. The summed E-state index contributed by atoms with van der Waals surface area (Å²) in [5.74, 6) is 0.730. The highest BCUT2D eigenvalue weighted by Crippen LogP contribution is 2.29. The lowest BCUT2D eigenvalue weighted by Crippen LogP contribution is -2.18. The Hall–Kier alpha value is -1.82. The van der Waals surface area contributed by atoms with Crippen molar-refractivity contribution in [3.63, 3.8) is 0 Å². The second kappa shape index (κ2) is 5.18. The Morgan fingerprint density at radius 1 is 1.24 bits per heavy atom. The predicted molar refractivity (Wildman–Crippen MR) is 70.9 cm³/mol. The number of hydrogen-bond donors (Lipinski definition) is 2. The van der Waals surface area contributed by atoms with Crippen LogP contribution < -0.4 is 0 Å². The number of benzene rings is 1. The number of aliphatic hydroxyl groups excluding tert-OH is 1. The molecule has 6 heteroatoms. The molecule has 0 saturated carbocycles. The molecule has 0 saturated heterocycles. The number of aromatic nitrogens is 2. The molecule has 0 radical (unpaired) electrons. The minimum Gasteiger partial charge on any atom is -0.393 e. The van der Waals surface area contributed by atoms with E-state index in [-0.39, 0.29) is 6.10 Å². The van der Waals surface area contributed by atoms with Crippen LogP contribution in [0.5, 0.6) is 0 Å². The zero-order valence-corrected chi connectivity index (χ0v) is 11.2. The van der Waals surface area contributed by atoms with Gasteiger partial charge in [-0.15, -0.1) is 0 Å². The molecular weight excluding hydrogens is 281 g/mol. The van der Waals surface area contributed by atoms with Crippen LogP contribution in [0.3, 0.4) is 0 Å². The summed E-state index contributed by atoms with van der Waals surface area (Å²) in [4.78, 5) is 7.63. The van der Waals surface area contributed by atoms with Gasteiger partial charge in [-0.05, 0) is 30.5 Å². The number of alkyl halides is 3.